The van der Waals surface area contributed by atoms with Crippen molar-refractivity contribution >= 4 is 11.9 Å². The van der Waals surface area contributed by atoms with Crippen LogP contribution in [0.5, 0.6) is 0 Å². The smallest absolute Gasteiger partial charge is 0.332 e. The number of aliphatic hydroxyl groups is 2. The van der Waals surface area contributed by atoms with Gasteiger partial charge in [0.1, 0.15) is 0 Å². The van der Waals surface area contributed by atoms with Gasteiger partial charge in [-0.2, -0.15) is 0 Å². The minimum absolute atomic E-state index is 0.347. The number of esters is 2. The Labute approximate surface area is 133 Å². The van der Waals surface area contributed by atoms with Gasteiger partial charge >= 0.3 is 11.9 Å². The largest absolute Gasteiger partial charge is 0.466 e. The van der Waals surface area contributed by atoms with Crippen LogP contribution in [0.1, 0.15) is 46.5 Å². The molecule has 22 heavy (non-hydrogen) atoms. The van der Waals surface area contributed by atoms with Crippen LogP contribution in [0.3, 0.4) is 0 Å². The Kier molecular flexibility index (Phi) is 22.2. The number of carbonyl (C=O) groups is 2. The van der Waals surface area contributed by atoms with Crippen LogP contribution in [0.2, 0.25) is 0 Å². The monoisotopic (exact) mass is 318 g/mol. The van der Waals surface area contributed by atoms with Gasteiger partial charge in [-0.3, -0.25) is 0 Å². The van der Waals surface area contributed by atoms with E-state index in [2.05, 4.69) is 29.6 Å². The van der Waals surface area contributed by atoms with Crippen LogP contribution >= 0.6 is 0 Å². The second kappa shape index (κ2) is 19.3. The molecule has 0 aliphatic rings. The highest BCUT2D eigenvalue weighted by atomic mass is 16.5. The van der Waals surface area contributed by atoms with E-state index in [1.54, 1.807) is 13.8 Å². The average molecular weight is 318 g/mol. The zero-order valence-electron chi connectivity index (χ0n) is 14.1. The van der Waals surface area contributed by atoms with Crippen LogP contribution in [-0.4, -0.2) is 42.2 Å². The normalized spacial score (nSPS) is 8.68. The van der Waals surface area contributed by atoms with Crippen LogP contribution in [0, 0.1) is 0 Å². The van der Waals surface area contributed by atoms with Gasteiger partial charge in [0.25, 0.3) is 0 Å². The molecule has 0 aromatic rings. The topological polar surface area (TPSA) is 93.1 Å². The van der Waals surface area contributed by atoms with Gasteiger partial charge in [0.15, 0.2) is 6.29 Å². The molecule has 0 amide bonds. The lowest BCUT2D eigenvalue weighted by molar-refractivity contribution is -0.137. The number of unbranched alkanes of at least 4 members (excludes halogenated alkanes) is 2. The molecule has 0 aliphatic heterocycles. The van der Waals surface area contributed by atoms with Crippen molar-refractivity contribution in [3.63, 3.8) is 0 Å². The Morgan fingerprint density at radius 3 is 1.95 bits per heavy atom. The summed E-state index contributed by atoms with van der Waals surface area (Å²) in [6.07, 6.45) is 3.72. The number of hydrogen-bond donors (Lipinski definition) is 2. The molecule has 0 rings (SSSR count). The maximum absolute atomic E-state index is 10.2. The minimum Gasteiger partial charge on any atom is -0.466 e. The van der Waals surface area contributed by atoms with E-state index in [-0.39, 0.29) is 11.9 Å². The summed E-state index contributed by atoms with van der Waals surface area (Å²) in [5.74, 6) is -0.706. The van der Waals surface area contributed by atoms with Crippen molar-refractivity contribution < 1.29 is 29.3 Å². The zero-order chi connectivity index (χ0) is 18.0. The van der Waals surface area contributed by atoms with Gasteiger partial charge in [0, 0.05) is 11.6 Å². The van der Waals surface area contributed by atoms with E-state index >= 15 is 0 Å². The Morgan fingerprint density at radius 1 is 1.23 bits per heavy atom. The Morgan fingerprint density at radius 2 is 1.77 bits per heavy atom. The molecule has 6 nitrogen and oxygen atoms in total. The number of rotatable bonds is 7. The van der Waals surface area contributed by atoms with Crippen LogP contribution in [0.15, 0.2) is 24.8 Å². The maximum atomic E-state index is 10.2. The first-order chi connectivity index (χ1) is 10.3. The first-order valence-electron chi connectivity index (χ1n) is 7.15. The van der Waals surface area contributed by atoms with Gasteiger partial charge in [0.2, 0.25) is 0 Å². The molecule has 6 heteroatoms. The molecule has 2 N–H and O–H groups in total. The van der Waals surface area contributed by atoms with E-state index in [0.717, 1.165) is 25.3 Å². The predicted molar refractivity (Wildman–Crippen MR) is 86.0 cm³/mol. The molecular weight excluding hydrogens is 288 g/mol. The maximum Gasteiger partial charge on any atom is 0.332 e. The van der Waals surface area contributed by atoms with Gasteiger partial charge < -0.3 is 19.7 Å². The van der Waals surface area contributed by atoms with Gasteiger partial charge in [-0.15, -0.1) is 0 Å². The molecular formula is C16H30O6. The third-order valence-corrected chi connectivity index (χ3v) is 2.05. The number of carbonyl (C=O) groups excluding carboxylic acids is 2. The summed E-state index contributed by atoms with van der Waals surface area (Å²) in [6, 6.07) is 0. The van der Waals surface area contributed by atoms with Crippen molar-refractivity contribution in [3.8, 4) is 0 Å². The lowest BCUT2D eigenvalue weighted by Crippen LogP contribution is -2.02. The minimum atomic E-state index is -1.10. The third kappa shape index (κ3) is 26.8. The van der Waals surface area contributed by atoms with Gasteiger partial charge in [0.05, 0.1) is 13.7 Å². The molecule has 0 aliphatic carbocycles. The fourth-order valence-corrected chi connectivity index (χ4v) is 0.952. The Balaban J connectivity index is -0.000000247. The molecule has 0 unspecified atom stereocenters. The molecule has 0 aromatic heterocycles. The summed E-state index contributed by atoms with van der Waals surface area (Å²) in [5.41, 5.74) is 0.433. The fraction of sp³-hybridized carbons (Fsp3) is 0.625. The lowest BCUT2D eigenvalue weighted by atomic mass is 10.2. The van der Waals surface area contributed by atoms with E-state index < -0.39 is 6.29 Å². The second-order valence-corrected chi connectivity index (χ2v) is 4.20. The summed E-state index contributed by atoms with van der Waals surface area (Å²) in [4.78, 5) is 20.3. The Bertz CT molecular complexity index is 308. The number of hydrogen-bond acceptors (Lipinski definition) is 6. The standard InChI is InChI=1S/C6H14O2.2C5H8O2/c1-2-3-4-5-6(7)8;1-4(2)5(6)7-3;1-3-5(6)7-4-2/h6-8H,2-5H2,1H3;1H2,2-3H3;3H,1,4H2,2H3. The number of aliphatic hydroxyl groups excluding tert-OH is 1. The van der Waals surface area contributed by atoms with E-state index in [1.165, 1.54) is 7.11 Å². The van der Waals surface area contributed by atoms with Crippen molar-refractivity contribution in [2.24, 2.45) is 0 Å². The van der Waals surface area contributed by atoms with Crippen LogP contribution in [0.25, 0.3) is 0 Å². The molecule has 0 atom stereocenters. The van der Waals surface area contributed by atoms with Gasteiger partial charge in [-0.05, 0) is 26.7 Å². The number of methoxy groups -OCH3 is 1. The molecule has 0 spiro atoms. The molecule has 0 saturated carbocycles. The summed E-state index contributed by atoms with van der Waals surface area (Å²) in [6.45, 7) is 12.4. The van der Waals surface area contributed by atoms with Gasteiger partial charge in [-0.1, -0.05) is 32.9 Å². The summed E-state index contributed by atoms with van der Waals surface area (Å²) < 4.78 is 8.71. The highest BCUT2D eigenvalue weighted by Crippen LogP contribution is 1.99. The van der Waals surface area contributed by atoms with Gasteiger partial charge in [-0.25, -0.2) is 9.59 Å². The molecule has 130 valence electrons. The molecule has 0 bridgehead atoms. The summed E-state index contributed by atoms with van der Waals surface area (Å²) >= 11 is 0. The lowest BCUT2D eigenvalue weighted by Gasteiger charge is -1.99. The summed E-state index contributed by atoms with van der Waals surface area (Å²) in [7, 11) is 1.33. The van der Waals surface area contributed by atoms with Crippen LogP contribution in [0.4, 0.5) is 0 Å². The summed E-state index contributed by atoms with van der Waals surface area (Å²) in [5, 5.41) is 16.7. The zero-order valence-corrected chi connectivity index (χ0v) is 14.1. The predicted octanol–water partition coefficient (Wildman–Crippen LogP) is 2.35. The fourth-order valence-electron chi connectivity index (χ4n) is 0.952. The van der Waals surface area contributed by atoms with Crippen molar-refractivity contribution in [1.29, 1.82) is 0 Å². The van der Waals surface area contributed by atoms with Crippen LogP contribution in [-0.2, 0) is 19.1 Å². The third-order valence-electron chi connectivity index (χ3n) is 2.05. The molecule has 0 heterocycles. The van der Waals surface area contributed by atoms with Crippen LogP contribution < -0.4 is 0 Å². The quantitative estimate of drug-likeness (QED) is 0.324. The van der Waals surface area contributed by atoms with E-state index in [1.807, 2.05) is 0 Å². The SMILES string of the molecule is C=C(C)C(=O)OC.C=CC(=O)OCC.CCCCCC(O)O. The Hall–Kier alpha value is -1.66. The van der Waals surface area contributed by atoms with E-state index in [9.17, 15) is 9.59 Å². The molecule has 0 radical (unpaired) electrons. The molecule has 0 saturated heterocycles. The van der Waals surface area contributed by atoms with Crippen molar-refractivity contribution in [1.82, 2.24) is 0 Å². The average Bonchev–Trinajstić information content (AvgIpc) is 2.47. The van der Waals surface area contributed by atoms with Crippen molar-refractivity contribution in [2.75, 3.05) is 13.7 Å². The number of ether oxygens (including phenoxy) is 2. The second-order valence-electron chi connectivity index (χ2n) is 4.20. The van der Waals surface area contributed by atoms with Crippen molar-refractivity contribution in [2.45, 2.75) is 52.7 Å². The van der Waals surface area contributed by atoms with E-state index in [4.69, 9.17) is 10.2 Å². The molecule has 0 aromatic carbocycles. The highest BCUT2D eigenvalue weighted by Gasteiger charge is 1.95. The van der Waals surface area contributed by atoms with E-state index in [0.29, 0.717) is 18.6 Å². The molecule has 0 fully saturated rings. The highest BCUT2D eigenvalue weighted by molar-refractivity contribution is 5.86. The van der Waals surface area contributed by atoms with Crippen molar-refractivity contribution in [3.05, 3.63) is 24.8 Å². The first kappa shape index (κ1) is 25.3. The first-order valence-corrected chi connectivity index (χ1v) is 7.15.